The summed E-state index contributed by atoms with van der Waals surface area (Å²) in [4.78, 5) is 16.4. The molecule has 0 radical (unpaired) electrons. The average molecular weight is 247 g/mol. The minimum atomic E-state index is -0.0111. The van der Waals surface area contributed by atoms with Crippen molar-refractivity contribution < 1.29 is 9.53 Å². The smallest absolute Gasteiger partial charge is 0.179 e. The monoisotopic (exact) mass is 247 g/mol. The van der Waals surface area contributed by atoms with Crippen LogP contribution in [0.25, 0.3) is 10.4 Å². The van der Waals surface area contributed by atoms with Crippen LogP contribution >= 0.6 is 11.3 Å². The van der Waals surface area contributed by atoms with Gasteiger partial charge in [-0.3, -0.25) is 4.79 Å². The molecule has 4 heteroatoms. The second-order valence-electron chi connectivity index (χ2n) is 3.55. The van der Waals surface area contributed by atoms with Gasteiger partial charge in [-0.1, -0.05) is 12.1 Å². The first-order chi connectivity index (χ1) is 8.22. The van der Waals surface area contributed by atoms with Crippen LogP contribution in [0.15, 0.2) is 29.8 Å². The SMILES string of the molecule is CCOc1cccc(-c2scnc2C(C)=O)c1. The van der Waals surface area contributed by atoms with Crippen LogP contribution < -0.4 is 4.74 Å². The van der Waals surface area contributed by atoms with E-state index in [1.807, 2.05) is 31.2 Å². The molecule has 0 spiro atoms. The molecule has 0 amide bonds. The van der Waals surface area contributed by atoms with Gasteiger partial charge in [-0.05, 0) is 24.6 Å². The van der Waals surface area contributed by atoms with E-state index in [0.29, 0.717) is 12.3 Å². The fraction of sp³-hybridized carbons (Fsp3) is 0.231. The maximum Gasteiger partial charge on any atom is 0.179 e. The number of benzene rings is 1. The van der Waals surface area contributed by atoms with Crippen LogP contribution in [-0.2, 0) is 0 Å². The Bertz CT molecular complexity index is 534. The molecule has 0 unspecified atom stereocenters. The van der Waals surface area contributed by atoms with Gasteiger partial charge in [0.25, 0.3) is 0 Å². The van der Waals surface area contributed by atoms with Gasteiger partial charge in [0.15, 0.2) is 5.78 Å². The van der Waals surface area contributed by atoms with E-state index in [4.69, 9.17) is 4.74 Å². The predicted molar refractivity (Wildman–Crippen MR) is 68.7 cm³/mol. The maximum atomic E-state index is 11.4. The predicted octanol–water partition coefficient (Wildman–Crippen LogP) is 3.41. The van der Waals surface area contributed by atoms with Crippen molar-refractivity contribution in [2.24, 2.45) is 0 Å². The van der Waals surface area contributed by atoms with Gasteiger partial charge in [-0.15, -0.1) is 11.3 Å². The van der Waals surface area contributed by atoms with Crippen molar-refractivity contribution in [2.75, 3.05) is 6.61 Å². The molecule has 2 rings (SSSR count). The molecule has 0 aliphatic heterocycles. The summed E-state index contributed by atoms with van der Waals surface area (Å²) >= 11 is 1.47. The lowest BCUT2D eigenvalue weighted by atomic mass is 10.1. The lowest BCUT2D eigenvalue weighted by Crippen LogP contribution is -1.95. The van der Waals surface area contributed by atoms with Crippen molar-refractivity contribution >= 4 is 17.1 Å². The molecule has 17 heavy (non-hydrogen) atoms. The van der Waals surface area contributed by atoms with Gasteiger partial charge < -0.3 is 4.74 Å². The molecule has 88 valence electrons. The summed E-state index contributed by atoms with van der Waals surface area (Å²) in [7, 11) is 0. The summed E-state index contributed by atoms with van der Waals surface area (Å²) in [6.07, 6.45) is 0. The van der Waals surface area contributed by atoms with Crippen molar-refractivity contribution in [1.29, 1.82) is 0 Å². The zero-order valence-corrected chi connectivity index (χ0v) is 10.6. The Morgan fingerprint density at radius 1 is 1.47 bits per heavy atom. The summed E-state index contributed by atoms with van der Waals surface area (Å²) in [6.45, 7) is 4.11. The number of hydrogen-bond acceptors (Lipinski definition) is 4. The first kappa shape index (κ1) is 11.8. The number of ketones is 1. The molecule has 0 atom stereocenters. The standard InChI is InChI=1S/C13H13NO2S/c1-3-16-11-6-4-5-10(7-11)13-12(9(2)15)14-8-17-13/h4-8H,3H2,1-2H3. The quantitative estimate of drug-likeness (QED) is 0.777. The van der Waals surface area contributed by atoms with E-state index in [1.165, 1.54) is 18.3 Å². The molecule has 0 bridgehead atoms. The Kier molecular flexibility index (Phi) is 3.54. The number of carbonyl (C=O) groups excluding carboxylic acids is 1. The largest absolute Gasteiger partial charge is 0.494 e. The van der Waals surface area contributed by atoms with E-state index in [2.05, 4.69) is 4.98 Å². The third-order valence-corrected chi connectivity index (χ3v) is 3.18. The number of nitrogens with zero attached hydrogens (tertiary/aromatic N) is 1. The molecular formula is C13H13NO2S. The van der Waals surface area contributed by atoms with Crippen molar-refractivity contribution in [3.63, 3.8) is 0 Å². The Morgan fingerprint density at radius 2 is 2.29 bits per heavy atom. The molecule has 1 aromatic carbocycles. The number of Topliss-reactive ketones (excluding diaryl/α,β-unsaturated/α-hetero) is 1. The Hall–Kier alpha value is -1.68. The summed E-state index contributed by atoms with van der Waals surface area (Å²) in [5.74, 6) is 0.802. The van der Waals surface area contributed by atoms with E-state index in [1.54, 1.807) is 5.51 Å². The zero-order chi connectivity index (χ0) is 12.3. The zero-order valence-electron chi connectivity index (χ0n) is 9.77. The Balaban J connectivity index is 2.42. The van der Waals surface area contributed by atoms with Crippen molar-refractivity contribution in [2.45, 2.75) is 13.8 Å². The van der Waals surface area contributed by atoms with E-state index < -0.39 is 0 Å². The number of hydrogen-bond donors (Lipinski definition) is 0. The number of carbonyl (C=O) groups is 1. The van der Waals surface area contributed by atoms with E-state index >= 15 is 0 Å². The molecule has 2 aromatic rings. The van der Waals surface area contributed by atoms with Crippen LogP contribution in [0, 0.1) is 0 Å². The molecule has 1 aromatic heterocycles. The molecule has 0 fully saturated rings. The highest BCUT2D eigenvalue weighted by molar-refractivity contribution is 7.13. The molecule has 0 aliphatic carbocycles. The third-order valence-electron chi connectivity index (χ3n) is 2.31. The van der Waals surface area contributed by atoms with Gasteiger partial charge in [-0.2, -0.15) is 0 Å². The van der Waals surface area contributed by atoms with Gasteiger partial charge in [-0.25, -0.2) is 4.98 Å². The number of rotatable bonds is 4. The summed E-state index contributed by atoms with van der Waals surface area (Å²) in [6, 6.07) is 7.72. The molecule has 3 nitrogen and oxygen atoms in total. The van der Waals surface area contributed by atoms with E-state index in [9.17, 15) is 4.79 Å². The highest BCUT2D eigenvalue weighted by Crippen LogP contribution is 2.30. The van der Waals surface area contributed by atoms with Crippen LogP contribution in [0.3, 0.4) is 0 Å². The van der Waals surface area contributed by atoms with Crippen molar-refractivity contribution in [3.8, 4) is 16.2 Å². The van der Waals surface area contributed by atoms with Gasteiger partial charge in [0.2, 0.25) is 0 Å². The summed E-state index contributed by atoms with van der Waals surface area (Å²) < 4.78 is 5.44. The number of thiazole rings is 1. The van der Waals surface area contributed by atoms with Crippen LogP contribution in [0.1, 0.15) is 24.3 Å². The van der Waals surface area contributed by atoms with Gasteiger partial charge >= 0.3 is 0 Å². The molecule has 0 saturated heterocycles. The minimum absolute atomic E-state index is 0.0111. The third kappa shape index (κ3) is 2.53. The minimum Gasteiger partial charge on any atom is -0.494 e. The second kappa shape index (κ2) is 5.10. The van der Waals surface area contributed by atoms with Crippen LogP contribution in [0.5, 0.6) is 5.75 Å². The van der Waals surface area contributed by atoms with Crippen molar-refractivity contribution in [3.05, 3.63) is 35.5 Å². The van der Waals surface area contributed by atoms with Crippen LogP contribution in [0.2, 0.25) is 0 Å². The van der Waals surface area contributed by atoms with Gasteiger partial charge in [0.1, 0.15) is 11.4 Å². The first-order valence-electron chi connectivity index (χ1n) is 5.40. The van der Waals surface area contributed by atoms with E-state index in [-0.39, 0.29) is 5.78 Å². The Labute approximate surface area is 104 Å². The molecule has 0 saturated carbocycles. The normalized spacial score (nSPS) is 10.2. The second-order valence-corrected chi connectivity index (χ2v) is 4.40. The van der Waals surface area contributed by atoms with E-state index in [0.717, 1.165) is 16.2 Å². The molecule has 0 N–H and O–H groups in total. The molecule has 0 aliphatic rings. The highest BCUT2D eigenvalue weighted by Gasteiger charge is 2.12. The lowest BCUT2D eigenvalue weighted by Gasteiger charge is -2.05. The fourth-order valence-electron chi connectivity index (χ4n) is 1.60. The average Bonchev–Trinajstić information content (AvgIpc) is 2.79. The molecular weight excluding hydrogens is 234 g/mol. The van der Waals surface area contributed by atoms with Gasteiger partial charge in [0.05, 0.1) is 17.0 Å². The summed E-state index contributed by atoms with van der Waals surface area (Å²) in [5.41, 5.74) is 3.20. The molecule has 1 heterocycles. The van der Waals surface area contributed by atoms with Gasteiger partial charge in [0, 0.05) is 6.92 Å². The highest BCUT2D eigenvalue weighted by atomic mass is 32.1. The lowest BCUT2D eigenvalue weighted by molar-refractivity contribution is 0.101. The summed E-state index contributed by atoms with van der Waals surface area (Å²) in [5, 5.41) is 0. The Morgan fingerprint density at radius 3 is 3.00 bits per heavy atom. The number of aromatic nitrogens is 1. The van der Waals surface area contributed by atoms with Crippen molar-refractivity contribution in [1.82, 2.24) is 4.98 Å². The van der Waals surface area contributed by atoms with Crippen LogP contribution in [0.4, 0.5) is 0 Å². The topological polar surface area (TPSA) is 39.2 Å². The van der Waals surface area contributed by atoms with Crippen LogP contribution in [-0.4, -0.2) is 17.4 Å². The number of ether oxygens (including phenoxy) is 1. The first-order valence-corrected chi connectivity index (χ1v) is 6.28. The fourth-order valence-corrected chi connectivity index (χ4v) is 2.43. The maximum absolute atomic E-state index is 11.4.